The van der Waals surface area contributed by atoms with Crippen LogP contribution in [0.5, 0.6) is 0 Å². The van der Waals surface area contributed by atoms with Crippen LogP contribution in [0, 0.1) is 0 Å². The van der Waals surface area contributed by atoms with Crippen LogP contribution in [0.25, 0.3) is 82.2 Å². The lowest BCUT2D eigenvalue weighted by atomic mass is 9.90. The quantitative estimate of drug-likeness (QED) is 0.106. The Kier molecular flexibility index (Phi) is 8.08. The Bertz CT molecular complexity index is 3190. The lowest BCUT2D eigenvalue weighted by Crippen LogP contribution is -2.17. The number of rotatable bonds is 6. The molecule has 0 bridgehead atoms. The van der Waals surface area contributed by atoms with E-state index in [0.29, 0.717) is 17.4 Å². The van der Waals surface area contributed by atoms with Crippen molar-refractivity contribution in [2.45, 2.75) is 0 Å². The van der Waals surface area contributed by atoms with E-state index in [1.807, 2.05) is 72.8 Å². The zero-order valence-corrected chi connectivity index (χ0v) is 30.5. The molecule has 0 unspecified atom stereocenters. The van der Waals surface area contributed by atoms with Gasteiger partial charge in [-0.15, -0.1) is 0 Å². The Morgan fingerprint density at radius 1 is 0.464 bits per heavy atom. The van der Waals surface area contributed by atoms with E-state index < -0.39 is 0 Å². The minimum Gasteiger partial charge on any atom is -0.455 e. The van der Waals surface area contributed by atoms with Crippen molar-refractivity contribution in [2.75, 3.05) is 0 Å². The minimum absolute atomic E-state index is 0.330. The summed E-state index contributed by atoms with van der Waals surface area (Å²) in [5.41, 5.74) is 16.0. The first-order chi connectivity index (χ1) is 27.6. The van der Waals surface area contributed by atoms with Gasteiger partial charge < -0.3 is 10.2 Å². The molecule has 1 heterocycles. The molecule has 10 aromatic rings. The van der Waals surface area contributed by atoms with Gasteiger partial charge in [0.15, 0.2) is 5.84 Å². The SMILES string of the molecule is C=C(N=C(N=C(N)c1ccc(-c2ccccc2)c2oc3ccccc3c12)c1ccc(-c2cc3ccccc3c3ccc4ccccc4c23)cc1)c1ccccc1. The highest BCUT2D eigenvalue weighted by atomic mass is 16.3. The first-order valence-corrected chi connectivity index (χ1v) is 18.7. The molecule has 1 aromatic heterocycles. The van der Waals surface area contributed by atoms with Crippen LogP contribution >= 0.6 is 0 Å². The van der Waals surface area contributed by atoms with Crippen molar-refractivity contribution >= 4 is 71.6 Å². The number of para-hydroxylation sites is 1. The van der Waals surface area contributed by atoms with Crippen molar-refractivity contribution in [3.63, 3.8) is 0 Å². The Hall–Kier alpha value is -7.56. The highest BCUT2D eigenvalue weighted by molar-refractivity contribution is 6.24. The molecule has 0 aliphatic carbocycles. The molecule has 0 fully saturated rings. The molecule has 0 spiro atoms. The molecule has 0 aliphatic rings. The van der Waals surface area contributed by atoms with Crippen molar-refractivity contribution < 1.29 is 4.42 Å². The third-order valence-electron chi connectivity index (χ3n) is 10.7. The largest absolute Gasteiger partial charge is 0.455 e. The zero-order chi connectivity index (χ0) is 37.6. The van der Waals surface area contributed by atoms with Gasteiger partial charge in [-0.2, -0.15) is 0 Å². The van der Waals surface area contributed by atoms with Gasteiger partial charge >= 0.3 is 0 Å². The van der Waals surface area contributed by atoms with Gasteiger partial charge in [-0.05, 0) is 78.8 Å². The molecule has 0 saturated carbocycles. The van der Waals surface area contributed by atoms with Crippen LogP contribution in [-0.2, 0) is 0 Å². The highest BCUT2D eigenvalue weighted by Gasteiger charge is 2.19. The molecular weight excluding hydrogens is 683 g/mol. The molecule has 9 aromatic carbocycles. The summed E-state index contributed by atoms with van der Waals surface area (Å²) < 4.78 is 6.53. The molecule has 4 nitrogen and oxygen atoms in total. The van der Waals surface area contributed by atoms with Crippen LogP contribution in [0.2, 0.25) is 0 Å². The number of hydrogen-bond donors (Lipinski definition) is 1. The lowest BCUT2D eigenvalue weighted by Gasteiger charge is -2.14. The average Bonchev–Trinajstić information content (AvgIpc) is 3.66. The Balaban J connectivity index is 1.14. The summed E-state index contributed by atoms with van der Waals surface area (Å²) in [6.45, 7) is 4.34. The average molecular weight is 718 g/mol. The third kappa shape index (κ3) is 5.72. The number of fused-ring (bicyclic) bond motifs is 8. The van der Waals surface area contributed by atoms with Crippen LogP contribution in [0.4, 0.5) is 0 Å². The van der Waals surface area contributed by atoms with Gasteiger partial charge in [-0.25, -0.2) is 9.98 Å². The van der Waals surface area contributed by atoms with Crippen molar-refractivity contribution in [1.29, 1.82) is 0 Å². The summed E-state index contributed by atoms with van der Waals surface area (Å²) in [4.78, 5) is 10.1. The summed E-state index contributed by atoms with van der Waals surface area (Å²) in [7, 11) is 0. The van der Waals surface area contributed by atoms with Gasteiger partial charge in [-0.3, -0.25) is 0 Å². The van der Waals surface area contributed by atoms with Crippen molar-refractivity contribution in [1.82, 2.24) is 0 Å². The highest BCUT2D eigenvalue weighted by Crippen LogP contribution is 2.40. The van der Waals surface area contributed by atoms with E-state index in [9.17, 15) is 0 Å². The molecule has 0 saturated heterocycles. The van der Waals surface area contributed by atoms with Gasteiger partial charge in [0.2, 0.25) is 0 Å². The second-order valence-corrected chi connectivity index (χ2v) is 14.0. The van der Waals surface area contributed by atoms with Crippen LogP contribution in [0.3, 0.4) is 0 Å². The maximum atomic E-state index is 7.04. The number of nitrogens with two attached hydrogens (primary N) is 1. The van der Waals surface area contributed by atoms with Gasteiger partial charge in [0.1, 0.15) is 17.0 Å². The first kappa shape index (κ1) is 33.0. The summed E-state index contributed by atoms with van der Waals surface area (Å²) in [6.07, 6.45) is 0. The second-order valence-electron chi connectivity index (χ2n) is 14.0. The fourth-order valence-electron chi connectivity index (χ4n) is 7.95. The molecule has 0 atom stereocenters. The molecule has 0 radical (unpaired) electrons. The Morgan fingerprint density at radius 3 is 1.89 bits per heavy atom. The van der Waals surface area contributed by atoms with Gasteiger partial charge in [-0.1, -0.05) is 170 Å². The van der Waals surface area contributed by atoms with E-state index in [0.717, 1.165) is 55.3 Å². The molecular formula is C52H35N3O. The topological polar surface area (TPSA) is 63.9 Å². The fraction of sp³-hybridized carbons (Fsp3) is 0. The molecule has 0 aliphatic heterocycles. The van der Waals surface area contributed by atoms with Crippen molar-refractivity contribution in [2.24, 2.45) is 15.7 Å². The molecule has 56 heavy (non-hydrogen) atoms. The Labute approximate surface area is 324 Å². The van der Waals surface area contributed by atoms with E-state index in [4.69, 9.17) is 20.1 Å². The van der Waals surface area contributed by atoms with Gasteiger partial charge in [0.25, 0.3) is 0 Å². The van der Waals surface area contributed by atoms with E-state index in [-0.39, 0.29) is 0 Å². The molecule has 0 amide bonds. The van der Waals surface area contributed by atoms with E-state index in [1.165, 1.54) is 37.9 Å². The third-order valence-corrected chi connectivity index (χ3v) is 10.7. The number of furan rings is 1. The summed E-state index contributed by atoms with van der Waals surface area (Å²) in [5, 5.41) is 9.23. The molecule has 4 heteroatoms. The van der Waals surface area contributed by atoms with Gasteiger partial charge in [0, 0.05) is 27.5 Å². The molecule has 264 valence electrons. The molecule has 10 rings (SSSR count). The number of nitrogens with zero attached hydrogens (tertiary/aromatic N) is 2. The maximum Gasteiger partial charge on any atom is 0.162 e. The van der Waals surface area contributed by atoms with Crippen LogP contribution < -0.4 is 5.73 Å². The predicted molar refractivity (Wildman–Crippen MR) is 236 cm³/mol. The maximum absolute atomic E-state index is 7.04. The monoisotopic (exact) mass is 717 g/mol. The van der Waals surface area contributed by atoms with Crippen LogP contribution in [0.1, 0.15) is 16.7 Å². The van der Waals surface area contributed by atoms with Gasteiger partial charge in [0.05, 0.1) is 5.70 Å². The number of amidine groups is 2. The molecule has 2 N–H and O–H groups in total. The number of aliphatic imine (C=N–C) groups is 2. The van der Waals surface area contributed by atoms with Crippen LogP contribution in [-0.4, -0.2) is 11.7 Å². The zero-order valence-electron chi connectivity index (χ0n) is 30.5. The first-order valence-electron chi connectivity index (χ1n) is 18.7. The van der Waals surface area contributed by atoms with Crippen LogP contribution in [0.15, 0.2) is 209 Å². The van der Waals surface area contributed by atoms with Crippen molar-refractivity contribution in [3.05, 3.63) is 211 Å². The standard InChI is InChI=1S/C52H35N3O/c1-33(34-14-4-2-5-15-34)54-52(55-51(53)45-31-30-42(35-16-6-3-7-17-35)50-49(45)44-22-12-13-23-47(44)56-50)38-26-24-37(25-27-38)46-32-39-19-9-10-20-40(39)43-29-28-36-18-8-11-21-41(36)48(43)46/h2-32H,1H2,(H2,53,54,55). The normalized spacial score (nSPS) is 12.3. The summed E-state index contributed by atoms with van der Waals surface area (Å²) >= 11 is 0. The van der Waals surface area contributed by atoms with E-state index >= 15 is 0 Å². The van der Waals surface area contributed by atoms with E-state index in [2.05, 4.69) is 122 Å². The summed E-state index contributed by atoms with van der Waals surface area (Å²) in [5.74, 6) is 0.793. The minimum atomic E-state index is 0.330. The van der Waals surface area contributed by atoms with Crippen molar-refractivity contribution in [3.8, 4) is 22.3 Å². The van der Waals surface area contributed by atoms with E-state index in [1.54, 1.807) is 0 Å². The predicted octanol–water partition coefficient (Wildman–Crippen LogP) is 13.2. The second kappa shape index (κ2) is 13.7. The number of hydrogen-bond acceptors (Lipinski definition) is 2. The Morgan fingerprint density at radius 2 is 1.11 bits per heavy atom. The summed E-state index contributed by atoms with van der Waals surface area (Å²) in [6, 6.07) is 64.8. The lowest BCUT2D eigenvalue weighted by molar-refractivity contribution is 0.670. The smallest absolute Gasteiger partial charge is 0.162 e. The fourth-order valence-corrected chi connectivity index (χ4v) is 7.95. The number of benzene rings is 9.